The van der Waals surface area contributed by atoms with E-state index in [-0.39, 0.29) is 11.5 Å². The van der Waals surface area contributed by atoms with E-state index in [0.29, 0.717) is 20.6 Å². The number of thioether (sulfide) groups is 1. The number of aromatic nitrogens is 2. The van der Waals surface area contributed by atoms with E-state index in [0.717, 1.165) is 10.6 Å². The minimum Gasteiger partial charge on any atom is -0.283 e. The number of carbonyl (C=O) groups is 1. The summed E-state index contributed by atoms with van der Waals surface area (Å²) in [5, 5.41) is 1.95. The molecule has 8 heteroatoms. The van der Waals surface area contributed by atoms with Gasteiger partial charge in [-0.2, -0.15) is 0 Å². The Balaban J connectivity index is 1.82. The zero-order valence-corrected chi connectivity index (χ0v) is 17.0. The summed E-state index contributed by atoms with van der Waals surface area (Å²) in [5.74, 6) is -0.260. The topological polar surface area (TPSA) is 47.2 Å². The Morgan fingerprint density at radius 2 is 1.81 bits per heavy atom. The highest BCUT2D eigenvalue weighted by atomic mass is 32.2. The van der Waals surface area contributed by atoms with Gasteiger partial charge < -0.3 is 0 Å². The molecule has 0 bridgehead atoms. The standard InChI is InChI=1S/C19H15N3O2S3/c1-12-16(18(24)22(20(12)2)13-7-4-3-5-8-13)21-17(23)15(27-19(21)25)11-14-9-6-10-26-14/h3-11H,1-2H3. The van der Waals surface area contributed by atoms with Crippen molar-refractivity contribution in [2.24, 2.45) is 7.05 Å². The van der Waals surface area contributed by atoms with Gasteiger partial charge in [-0.25, -0.2) is 4.68 Å². The van der Waals surface area contributed by atoms with Gasteiger partial charge in [-0.15, -0.1) is 11.3 Å². The first-order valence-electron chi connectivity index (χ1n) is 8.14. The van der Waals surface area contributed by atoms with Crippen LogP contribution in [0.3, 0.4) is 0 Å². The molecule has 1 amide bonds. The number of hydrogen-bond acceptors (Lipinski definition) is 5. The summed E-state index contributed by atoms with van der Waals surface area (Å²) < 4.78 is 3.66. The van der Waals surface area contributed by atoms with Gasteiger partial charge in [0.15, 0.2) is 4.32 Å². The van der Waals surface area contributed by atoms with Gasteiger partial charge in [0.25, 0.3) is 11.5 Å². The van der Waals surface area contributed by atoms with Crippen molar-refractivity contribution in [2.75, 3.05) is 4.90 Å². The van der Waals surface area contributed by atoms with E-state index in [2.05, 4.69) is 0 Å². The van der Waals surface area contributed by atoms with E-state index in [4.69, 9.17) is 12.2 Å². The number of thiocarbonyl (C=S) groups is 1. The van der Waals surface area contributed by atoms with Gasteiger partial charge in [0.1, 0.15) is 5.69 Å². The molecule has 0 unspecified atom stereocenters. The van der Waals surface area contributed by atoms with E-state index in [9.17, 15) is 9.59 Å². The summed E-state index contributed by atoms with van der Waals surface area (Å²) in [6.07, 6.45) is 1.82. The summed E-state index contributed by atoms with van der Waals surface area (Å²) in [5.41, 5.74) is 1.45. The van der Waals surface area contributed by atoms with Crippen molar-refractivity contribution in [3.05, 3.63) is 73.7 Å². The van der Waals surface area contributed by atoms with Gasteiger partial charge in [-0.05, 0) is 36.6 Å². The van der Waals surface area contributed by atoms with Crippen LogP contribution in [0.2, 0.25) is 0 Å². The molecular formula is C19H15N3O2S3. The Hall–Kier alpha value is -2.42. The summed E-state index contributed by atoms with van der Waals surface area (Å²) in [6, 6.07) is 13.2. The largest absolute Gasteiger partial charge is 0.296 e. The molecule has 2 aromatic heterocycles. The lowest BCUT2D eigenvalue weighted by atomic mass is 10.3. The molecule has 0 radical (unpaired) electrons. The van der Waals surface area contributed by atoms with E-state index in [1.165, 1.54) is 16.7 Å². The minimum atomic E-state index is -0.269. The van der Waals surface area contributed by atoms with Crippen LogP contribution < -0.4 is 10.5 Å². The molecule has 1 fully saturated rings. The quantitative estimate of drug-likeness (QED) is 0.482. The van der Waals surface area contributed by atoms with E-state index >= 15 is 0 Å². The molecule has 1 aliphatic heterocycles. The predicted molar refractivity (Wildman–Crippen MR) is 116 cm³/mol. The zero-order valence-electron chi connectivity index (χ0n) is 14.6. The third kappa shape index (κ3) is 2.99. The molecule has 1 aromatic carbocycles. The molecule has 5 nitrogen and oxygen atoms in total. The molecule has 3 heterocycles. The van der Waals surface area contributed by atoms with Gasteiger partial charge in [0, 0.05) is 11.9 Å². The average molecular weight is 414 g/mol. The SMILES string of the molecule is Cc1c(N2C(=O)C(=Cc3cccs3)SC2=S)c(=O)n(-c2ccccc2)n1C. The van der Waals surface area contributed by atoms with Crippen LogP contribution in [-0.4, -0.2) is 19.6 Å². The van der Waals surface area contributed by atoms with Crippen molar-refractivity contribution in [1.29, 1.82) is 0 Å². The maximum absolute atomic E-state index is 13.2. The summed E-state index contributed by atoms with van der Waals surface area (Å²) in [4.78, 5) is 29.0. The number of thiophene rings is 1. The van der Waals surface area contributed by atoms with Crippen LogP contribution in [-0.2, 0) is 11.8 Å². The smallest absolute Gasteiger partial charge is 0.283 e. The van der Waals surface area contributed by atoms with E-state index in [1.807, 2.05) is 60.8 Å². The first-order chi connectivity index (χ1) is 13.0. The fourth-order valence-electron chi connectivity index (χ4n) is 2.97. The van der Waals surface area contributed by atoms with Crippen molar-refractivity contribution in [1.82, 2.24) is 9.36 Å². The highest BCUT2D eigenvalue weighted by molar-refractivity contribution is 8.27. The maximum atomic E-state index is 13.2. The Bertz CT molecular complexity index is 1130. The number of nitrogens with zero attached hydrogens (tertiary/aromatic N) is 3. The Morgan fingerprint density at radius 1 is 1.07 bits per heavy atom. The highest BCUT2D eigenvalue weighted by Crippen LogP contribution is 2.36. The molecule has 27 heavy (non-hydrogen) atoms. The van der Waals surface area contributed by atoms with Crippen molar-refractivity contribution < 1.29 is 4.79 Å². The average Bonchev–Trinajstić information content (AvgIpc) is 3.31. The zero-order chi connectivity index (χ0) is 19.1. The molecule has 4 rings (SSSR count). The molecule has 3 aromatic rings. The molecule has 1 aliphatic rings. The lowest BCUT2D eigenvalue weighted by Crippen LogP contribution is -2.33. The van der Waals surface area contributed by atoms with Crippen LogP contribution in [0.25, 0.3) is 11.8 Å². The number of anilines is 1. The Kier molecular flexibility index (Phi) is 4.63. The summed E-state index contributed by atoms with van der Waals surface area (Å²) in [6.45, 7) is 1.82. The van der Waals surface area contributed by atoms with Crippen molar-refractivity contribution in [3.8, 4) is 5.69 Å². The molecule has 0 saturated carbocycles. The molecule has 0 N–H and O–H groups in total. The second-order valence-corrected chi connectivity index (χ2v) is 8.60. The number of hydrogen-bond donors (Lipinski definition) is 0. The number of para-hydroxylation sites is 1. The van der Waals surface area contributed by atoms with Gasteiger partial charge in [0.05, 0.1) is 16.3 Å². The normalized spacial score (nSPS) is 15.9. The van der Waals surface area contributed by atoms with Crippen LogP contribution in [0.4, 0.5) is 5.69 Å². The van der Waals surface area contributed by atoms with Gasteiger partial charge in [0.2, 0.25) is 0 Å². The van der Waals surface area contributed by atoms with Crippen molar-refractivity contribution in [2.45, 2.75) is 6.92 Å². The number of amides is 1. The van der Waals surface area contributed by atoms with Crippen LogP contribution in [0.5, 0.6) is 0 Å². The lowest BCUT2D eigenvalue weighted by Gasteiger charge is -2.12. The second-order valence-electron chi connectivity index (χ2n) is 5.94. The van der Waals surface area contributed by atoms with Crippen molar-refractivity contribution >= 4 is 57.3 Å². The van der Waals surface area contributed by atoms with Crippen LogP contribution >= 0.6 is 35.3 Å². The van der Waals surface area contributed by atoms with Crippen LogP contribution in [0.1, 0.15) is 10.6 Å². The summed E-state index contributed by atoms with van der Waals surface area (Å²) in [7, 11) is 1.80. The molecule has 0 aliphatic carbocycles. The predicted octanol–water partition coefficient (Wildman–Crippen LogP) is 3.95. The minimum absolute atomic E-state index is 0.260. The fourth-order valence-corrected chi connectivity index (χ4v) is 4.97. The fraction of sp³-hybridized carbons (Fsp3) is 0.105. The highest BCUT2D eigenvalue weighted by Gasteiger charge is 2.37. The van der Waals surface area contributed by atoms with Gasteiger partial charge in [-0.3, -0.25) is 19.2 Å². The van der Waals surface area contributed by atoms with Gasteiger partial charge >= 0.3 is 0 Å². The third-order valence-electron chi connectivity index (χ3n) is 4.36. The van der Waals surface area contributed by atoms with E-state index < -0.39 is 0 Å². The van der Waals surface area contributed by atoms with Crippen molar-refractivity contribution in [3.63, 3.8) is 0 Å². The Morgan fingerprint density at radius 3 is 2.48 bits per heavy atom. The van der Waals surface area contributed by atoms with Crippen LogP contribution in [0, 0.1) is 6.92 Å². The van der Waals surface area contributed by atoms with Gasteiger partial charge in [-0.1, -0.05) is 48.2 Å². The number of rotatable bonds is 3. The molecule has 136 valence electrons. The summed E-state index contributed by atoms with van der Waals surface area (Å²) >= 11 is 8.20. The number of benzene rings is 1. The molecule has 0 spiro atoms. The lowest BCUT2D eigenvalue weighted by molar-refractivity contribution is -0.113. The molecule has 0 atom stereocenters. The third-order valence-corrected chi connectivity index (χ3v) is 6.48. The maximum Gasteiger partial charge on any atom is 0.296 e. The first kappa shape index (κ1) is 18.0. The first-order valence-corrected chi connectivity index (χ1v) is 10.2. The molecule has 1 saturated heterocycles. The Labute approximate surface area is 169 Å². The van der Waals surface area contributed by atoms with Crippen LogP contribution in [0.15, 0.2) is 57.5 Å². The molecular weight excluding hydrogens is 398 g/mol. The monoisotopic (exact) mass is 413 g/mol. The number of carbonyl (C=O) groups excluding carboxylic acids is 1. The second kappa shape index (κ2) is 6.95. The van der Waals surface area contributed by atoms with E-state index in [1.54, 1.807) is 27.7 Å².